The van der Waals surface area contributed by atoms with E-state index in [-0.39, 0.29) is 6.04 Å². The Morgan fingerprint density at radius 3 is 2.70 bits per heavy atom. The van der Waals surface area contributed by atoms with E-state index in [2.05, 4.69) is 4.98 Å². The summed E-state index contributed by atoms with van der Waals surface area (Å²) < 4.78 is 52.4. The van der Waals surface area contributed by atoms with Gasteiger partial charge in [0.2, 0.25) is 11.5 Å². The summed E-state index contributed by atoms with van der Waals surface area (Å²) in [5.41, 5.74) is -2.19. The number of carbonyl (C=O) groups is 1. The van der Waals surface area contributed by atoms with E-state index in [4.69, 9.17) is 9.47 Å². The molecule has 0 bridgehead atoms. The number of fused-ring (bicyclic) bond motifs is 1. The van der Waals surface area contributed by atoms with Crippen LogP contribution in [-0.2, 0) is 10.4 Å². The summed E-state index contributed by atoms with van der Waals surface area (Å²) in [6.07, 6.45) is -4.86. The van der Waals surface area contributed by atoms with Gasteiger partial charge in [-0.25, -0.2) is 4.98 Å². The van der Waals surface area contributed by atoms with E-state index in [9.17, 15) is 23.1 Å². The number of aliphatic hydroxyl groups is 1. The number of thiazole rings is 1. The first-order valence-corrected chi connectivity index (χ1v) is 10.5. The van der Waals surface area contributed by atoms with Crippen LogP contribution in [0.2, 0.25) is 0 Å². The zero-order valence-electron chi connectivity index (χ0n) is 16.2. The van der Waals surface area contributed by atoms with Crippen LogP contribution >= 0.6 is 11.3 Å². The number of aromatic nitrogens is 1. The highest BCUT2D eigenvalue weighted by molar-refractivity contribution is 7.09. The Kier molecular flexibility index (Phi) is 5.39. The standard InChI is InChI=1S/C20H21F3N2O4S/c1-12-11-30-18(24-12)19(27,20(21,22)23)10-17(26)25-6-2-3-14(25)13-4-5-15-16(9-13)29-8-7-28-15/h4-5,9,11,14,27H,2-3,6-8,10H2,1H3. The summed E-state index contributed by atoms with van der Waals surface area (Å²) in [4.78, 5) is 18.2. The largest absolute Gasteiger partial charge is 0.486 e. The Bertz CT molecular complexity index is 948. The molecule has 6 nitrogen and oxygen atoms in total. The Hall–Kier alpha value is -2.33. The van der Waals surface area contributed by atoms with Crippen molar-refractivity contribution in [1.82, 2.24) is 9.88 Å². The molecule has 162 valence electrons. The van der Waals surface area contributed by atoms with Crippen LogP contribution in [0.15, 0.2) is 23.6 Å². The molecular formula is C20H21F3N2O4S. The van der Waals surface area contributed by atoms with Crippen molar-refractivity contribution in [2.75, 3.05) is 19.8 Å². The SMILES string of the molecule is Cc1csc(C(O)(CC(=O)N2CCCC2c2ccc3c(c2)OCCO3)C(F)(F)F)n1. The predicted octanol–water partition coefficient (Wildman–Crippen LogP) is 3.73. The molecule has 1 N–H and O–H groups in total. The van der Waals surface area contributed by atoms with Gasteiger partial charge in [0.1, 0.15) is 18.2 Å². The van der Waals surface area contributed by atoms with Gasteiger partial charge in [0, 0.05) is 17.6 Å². The third kappa shape index (κ3) is 3.74. The lowest BCUT2D eigenvalue weighted by Crippen LogP contribution is -2.47. The van der Waals surface area contributed by atoms with Crippen LogP contribution in [0.3, 0.4) is 0 Å². The fourth-order valence-corrected chi connectivity index (χ4v) is 4.75. The summed E-state index contributed by atoms with van der Waals surface area (Å²) in [5, 5.41) is 11.4. The number of ether oxygens (including phenoxy) is 2. The molecule has 3 heterocycles. The van der Waals surface area contributed by atoms with Crippen molar-refractivity contribution in [1.29, 1.82) is 0 Å². The fourth-order valence-electron chi connectivity index (χ4n) is 3.84. The minimum atomic E-state index is -5.03. The maximum atomic E-state index is 13.8. The second-order valence-electron chi connectivity index (χ2n) is 7.48. The molecule has 2 aliphatic heterocycles. The fraction of sp³-hybridized carbons (Fsp3) is 0.500. The third-order valence-corrected chi connectivity index (χ3v) is 6.48. The molecule has 0 saturated carbocycles. The van der Waals surface area contributed by atoms with Crippen LogP contribution in [0.25, 0.3) is 0 Å². The van der Waals surface area contributed by atoms with Gasteiger partial charge < -0.3 is 19.5 Å². The molecule has 2 aromatic rings. The van der Waals surface area contributed by atoms with Gasteiger partial charge >= 0.3 is 6.18 Å². The third-order valence-electron chi connectivity index (χ3n) is 5.37. The van der Waals surface area contributed by atoms with Gasteiger partial charge in [-0.05, 0) is 37.5 Å². The second-order valence-corrected chi connectivity index (χ2v) is 8.34. The topological polar surface area (TPSA) is 71.9 Å². The van der Waals surface area contributed by atoms with E-state index in [1.807, 2.05) is 0 Å². The number of rotatable bonds is 4. The Morgan fingerprint density at radius 1 is 1.30 bits per heavy atom. The average Bonchev–Trinajstić information content (AvgIpc) is 3.36. The summed E-state index contributed by atoms with van der Waals surface area (Å²) in [5.74, 6) is 0.398. The lowest BCUT2D eigenvalue weighted by Gasteiger charge is -2.32. The molecule has 1 aromatic heterocycles. The molecule has 2 aliphatic rings. The Labute approximate surface area is 175 Å². The number of hydrogen-bond acceptors (Lipinski definition) is 6. The number of amides is 1. The summed E-state index contributed by atoms with van der Waals surface area (Å²) in [7, 11) is 0. The Balaban J connectivity index is 1.58. The van der Waals surface area contributed by atoms with E-state index < -0.39 is 29.1 Å². The molecule has 0 spiro atoms. The lowest BCUT2D eigenvalue weighted by molar-refractivity contribution is -0.268. The second kappa shape index (κ2) is 7.73. The monoisotopic (exact) mass is 442 g/mol. The normalized spacial score (nSPS) is 20.8. The molecule has 1 amide bonds. The summed E-state index contributed by atoms with van der Waals surface area (Å²) >= 11 is 0.698. The van der Waals surface area contributed by atoms with Crippen LogP contribution in [-0.4, -0.2) is 46.8 Å². The molecule has 2 unspecified atom stereocenters. The van der Waals surface area contributed by atoms with Crippen molar-refractivity contribution in [3.8, 4) is 11.5 Å². The van der Waals surface area contributed by atoms with Gasteiger partial charge in [-0.2, -0.15) is 13.2 Å². The van der Waals surface area contributed by atoms with E-state index in [0.717, 1.165) is 5.56 Å². The molecule has 0 aliphatic carbocycles. The highest BCUT2D eigenvalue weighted by Gasteiger charge is 2.58. The molecule has 30 heavy (non-hydrogen) atoms. The van der Waals surface area contributed by atoms with Crippen molar-refractivity contribution < 1.29 is 32.5 Å². The number of carbonyl (C=O) groups excluding carboxylic acids is 1. The first-order chi connectivity index (χ1) is 14.2. The molecule has 0 radical (unpaired) electrons. The van der Waals surface area contributed by atoms with Crippen molar-refractivity contribution in [3.63, 3.8) is 0 Å². The molecule has 10 heteroatoms. The highest BCUT2D eigenvalue weighted by atomic mass is 32.1. The number of benzene rings is 1. The van der Waals surface area contributed by atoms with Crippen molar-refractivity contribution in [2.24, 2.45) is 0 Å². The maximum Gasteiger partial charge on any atom is 0.424 e. The number of aryl methyl sites for hydroxylation is 1. The van der Waals surface area contributed by atoms with Crippen LogP contribution in [0, 0.1) is 6.92 Å². The number of halogens is 3. The minimum absolute atomic E-state index is 0.322. The maximum absolute atomic E-state index is 13.8. The quantitative estimate of drug-likeness (QED) is 0.782. The van der Waals surface area contributed by atoms with Crippen LogP contribution in [0.5, 0.6) is 11.5 Å². The van der Waals surface area contributed by atoms with Crippen LogP contribution in [0.4, 0.5) is 13.2 Å². The van der Waals surface area contributed by atoms with Gasteiger partial charge in [-0.3, -0.25) is 4.79 Å². The smallest absolute Gasteiger partial charge is 0.424 e. The van der Waals surface area contributed by atoms with Crippen molar-refractivity contribution in [3.05, 3.63) is 39.8 Å². The number of likely N-dealkylation sites (tertiary alicyclic amines) is 1. The number of hydrogen-bond donors (Lipinski definition) is 1. The molecule has 2 atom stereocenters. The minimum Gasteiger partial charge on any atom is -0.486 e. The van der Waals surface area contributed by atoms with Gasteiger partial charge in [0.05, 0.1) is 12.5 Å². The van der Waals surface area contributed by atoms with Crippen LogP contribution < -0.4 is 9.47 Å². The molecule has 4 rings (SSSR count). The number of alkyl halides is 3. The predicted molar refractivity (Wildman–Crippen MR) is 103 cm³/mol. The summed E-state index contributed by atoms with van der Waals surface area (Å²) in [6, 6.07) is 4.92. The zero-order chi connectivity index (χ0) is 21.5. The average molecular weight is 442 g/mol. The Morgan fingerprint density at radius 2 is 2.03 bits per heavy atom. The molecule has 1 fully saturated rings. The molecular weight excluding hydrogens is 421 g/mol. The zero-order valence-corrected chi connectivity index (χ0v) is 17.1. The summed E-state index contributed by atoms with van der Waals surface area (Å²) in [6.45, 7) is 2.72. The number of nitrogens with zero attached hydrogens (tertiary/aromatic N) is 2. The van der Waals surface area contributed by atoms with Crippen molar-refractivity contribution in [2.45, 2.75) is 44.0 Å². The van der Waals surface area contributed by atoms with E-state index >= 15 is 0 Å². The first kappa shape index (κ1) is 20.9. The van der Waals surface area contributed by atoms with E-state index in [0.29, 0.717) is 61.1 Å². The highest BCUT2D eigenvalue weighted by Crippen LogP contribution is 2.45. The first-order valence-electron chi connectivity index (χ1n) is 9.60. The van der Waals surface area contributed by atoms with Gasteiger partial charge in [0.15, 0.2) is 11.5 Å². The van der Waals surface area contributed by atoms with E-state index in [1.165, 1.54) is 17.2 Å². The van der Waals surface area contributed by atoms with Gasteiger partial charge in [0.25, 0.3) is 0 Å². The molecule has 1 aromatic carbocycles. The van der Waals surface area contributed by atoms with E-state index in [1.54, 1.807) is 18.2 Å². The molecule has 1 saturated heterocycles. The van der Waals surface area contributed by atoms with Gasteiger partial charge in [-0.1, -0.05) is 6.07 Å². The van der Waals surface area contributed by atoms with Gasteiger partial charge in [-0.15, -0.1) is 11.3 Å². The van der Waals surface area contributed by atoms with Crippen LogP contribution in [0.1, 0.15) is 41.6 Å². The lowest BCUT2D eigenvalue weighted by atomic mass is 9.97. The van der Waals surface area contributed by atoms with Crippen molar-refractivity contribution >= 4 is 17.2 Å².